The summed E-state index contributed by atoms with van der Waals surface area (Å²) < 4.78 is 12.4. The van der Waals surface area contributed by atoms with Crippen molar-refractivity contribution in [2.75, 3.05) is 7.11 Å². The average Bonchev–Trinajstić information content (AvgIpc) is 3.45. The molecule has 2 bridgehead atoms. The fraction of sp³-hybridized carbons (Fsp3) is 0.348. The van der Waals surface area contributed by atoms with Crippen LogP contribution in [-0.2, 0) is 0 Å². The fourth-order valence-corrected chi connectivity index (χ4v) is 5.62. The Balaban J connectivity index is 1.28. The summed E-state index contributed by atoms with van der Waals surface area (Å²) in [6, 6.07) is 11.0. The number of methoxy groups -OCH3 is 1. The first-order valence-electron chi connectivity index (χ1n) is 10.8. The molecule has 0 aliphatic carbocycles. The van der Waals surface area contributed by atoms with Crippen LogP contribution in [0.4, 0.5) is 0 Å². The Morgan fingerprint density at radius 3 is 2.59 bits per heavy atom. The average molecular weight is 447 g/mol. The summed E-state index contributed by atoms with van der Waals surface area (Å²) in [6.45, 7) is 0. The summed E-state index contributed by atoms with van der Waals surface area (Å²) in [4.78, 5) is 4.60. The van der Waals surface area contributed by atoms with Gasteiger partial charge in [0, 0.05) is 40.9 Å². The Morgan fingerprint density at radius 2 is 1.81 bits per heavy atom. The van der Waals surface area contributed by atoms with Gasteiger partial charge >= 0.3 is 0 Å². The Kier molecular flexibility index (Phi) is 4.92. The van der Waals surface area contributed by atoms with E-state index in [9.17, 15) is 0 Å². The van der Waals surface area contributed by atoms with Crippen molar-refractivity contribution in [3.63, 3.8) is 0 Å². The van der Waals surface area contributed by atoms with Crippen molar-refractivity contribution >= 4 is 21.6 Å². The molecule has 5 heterocycles. The van der Waals surface area contributed by atoms with Crippen molar-refractivity contribution in [2.24, 2.45) is 0 Å². The van der Waals surface area contributed by atoms with Gasteiger partial charge in [0.1, 0.15) is 6.10 Å². The predicted octanol–water partition coefficient (Wildman–Crippen LogP) is 3.88. The molecule has 0 amide bonds. The molecule has 2 unspecified atom stereocenters. The third-order valence-electron chi connectivity index (χ3n) is 6.27. The van der Waals surface area contributed by atoms with E-state index in [1.165, 1.54) is 12.8 Å². The van der Waals surface area contributed by atoms with Crippen LogP contribution in [-0.4, -0.2) is 50.7 Å². The highest BCUT2D eigenvalue weighted by atomic mass is 32.1. The molecule has 2 saturated heterocycles. The lowest BCUT2D eigenvalue weighted by Crippen LogP contribution is -2.42. The lowest BCUT2D eigenvalue weighted by atomic mass is 10.0. The number of rotatable bonds is 5. The van der Waals surface area contributed by atoms with Gasteiger partial charge in [-0.15, -0.1) is 26.6 Å². The molecule has 2 atom stereocenters. The van der Waals surface area contributed by atoms with E-state index in [1.54, 1.807) is 24.6 Å². The molecule has 162 valence electrons. The summed E-state index contributed by atoms with van der Waals surface area (Å²) in [6.07, 6.45) is 6.51. The van der Waals surface area contributed by atoms with Gasteiger partial charge < -0.3 is 14.8 Å². The minimum Gasteiger partial charge on any atom is -0.480 e. The van der Waals surface area contributed by atoms with Crippen LogP contribution in [0, 0.1) is 0 Å². The molecular formula is C23H22N6O2S. The highest BCUT2D eigenvalue weighted by Crippen LogP contribution is 2.37. The first-order chi connectivity index (χ1) is 15.8. The SMILES string of the molecule is COc1cc(-c2ccc(-c3ccc(OC4CC5CCC(C4)N5)nn3)c3scnc23)cnn1. The molecule has 2 aliphatic rings. The van der Waals surface area contributed by atoms with Gasteiger partial charge in [-0.1, -0.05) is 12.1 Å². The highest BCUT2D eigenvalue weighted by molar-refractivity contribution is 7.17. The summed E-state index contributed by atoms with van der Waals surface area (Å²) >= 11 is 1.58. The van der Waals surface area contributed by atoms with Gasteiger partial charge in [0.05, 0.1) is 34.7 Å². The van der Waals surface area contributed by atoms with E-state index in [1.807, 2.05) is 29.8 Å². The molecule has 1 aromatic carbocycles. The van der Waals surface area contributed by atoms with E-state index >= 15 is 0 Å². The van der Waals surface area contributed by atoms with Crippen LogP contribution >= 0.6 is 11.3 Å². The Labute approximate surface area is 189 Å². The molecular weight excluding hydrogens is 424 g/mol. The van der Waals surface area contributed by atoms with E-state index in [0.29, 0.717) is 23.8 Å². The standard InChI is InChI=1S/C23H22N6O2S/c1-30-21-8-13(11-25-28-21)17-4-5-18(23-22(17)24-12-32-23)19-6-7-20(29-27-19)31-16-9-14-2-3-15(10-16)26-14/h4-8,11-12,14-16,26H,2-3,9-10H2,1H3. The van der Waals surface area contributed by atoms with Crippen molar-refractivity contribution < 1.29 is 9.47 Å². The Bertz CT molecular complexity index is 1250. The second-order valence-electron chi connectivity index (χ2n) is 8.28. The minimum absolute atomic E-state index is 0.215. The van der Waals surface area contributed by atoms with Gasteiger partial charge in [-0.3, -0.25) is 0 Å². The second-order valence-corrected chi connectivity index (χ2v) is 9.14. The van der Waals surface area contributed by atoms with Gasteiger partial charge in [0.2, 0.25) is 11.8 Å². The zero-order chi connectivity index (χ0) is 21.5. The number of aromatic nitrogens is 5. The van der Waals surface area contributed by atoms with Crippen LogP contribution in [0.1, 0.15) is 25.7 Å². The molecule has 8 nitrogen and oxygen atoms in total. The van der Waals surface area contributed by atoms with Crippen molar-refractivity contribution in [1.29, 1.82) is 0 Å². The van der Waals surface area contributed by atoms with E-state index in [4.69, 9.17) is 9.47 Å². The van der Waals surface area contributed by atoms with Crippen molar-refractivity contribution in [3.8, 4) is 34.1 Å². The number of fused-ring (bicyclic) bond motifs is 3. The molecule has 32 heavy (non-hydrogen) atoms. The number of benzene rings is 1. The van der Waals surface area contributed by atoms with Crippen LogP contribution < -0.4 is 14.8 Å². The third kappa shape index (κ3) is 3.57. The van der Waals surface area contributed by atoms with Gasteiger partial charge in [-0.2, -0.15) is 5.10 Å². The molecule has 0 saturated carbocycles. The second kappa shape index (κ2) is 8.07. The third-order valence-corrected chi connectivity index (χ3v) is 7.13. The molecule has 4 aromatic rings. The normalized spacial score (nSPS) is 22.2. The van der Waals surface area contributed by atoms with Crippen molar-refractivity contribution in [3.05, 3.63) is 42.0 Å². The zero-order valence-corrected chi connectivity index (χ0v) is 18.4. The van der Waals surface area contributed by atoms with E-state index in [-0.39, 0.29) is 6.10 Å². The van der Waals surface area contributed by atoms with Crippen LogP contribution in [0.25, 0.3) is 32.6 Å². The number of ether oxygens (including phenoxy) is 2. The van der Waals surface area contributed by atoms with Crippen LogP contribution in [0.3, 0.4) is 0 Å². The smallest absolute Gasteiger partial charge is 0.233 e. The Morgan fingerprint density at radius 1 is 0.969 bits per heavy atom. The molecule has 3 aromatic heterocycles. The number of hydrogen-bond acceptors (Lipinski definition) is 9. The topological polar surface area (TPSA) is 94.9 Å². The molecule has 9 heteroatoms. The number of nitrogens with one attached hydrogen (secondary N) is 1. The van der Waals surface area contributed by atoms with Gasteiger partial charge in [0.25, 0.3) is 0 Å². The maximum absolute atomic E-state index is 6.15. The number of piperidine rings is 1. The first kappa shape index (κ1) is 19.5. The Hall–Kier alpha value is -3.17. The lowest BCUT2D eigenvalue weighted by Gasteiger charge is -2.28. The number of hydrogen-bond donors (Lipinski definition) is 1. The van der Waals surface area contributed by atoms with Gasteiger partial charge in [0.15, 0.2) is 0 Å². The largest absolute Gasteiger partial charge is 0.480 e. The molecule has 0 radical (unpaired) electrons. The summed E-state index contributed by atoms with van der Waals surface area (Å²) in [5.74, 6) is 1.06. The van der Waals surface area contributed by atoms with Crippen molar-refractivity contribution in [2.45, 2.75) is 43.9 Å². The first-order valence-corrected chi connectivity index (χ1v) is 11.6. The molecule has 2 aliphatic heterocycles. The zero-order valence-electron chi connectivity index (χ0n) is 17.6. The van der Waals surface area contributed by atoms with Crippen molar-refractivity contribution in [1.82, 2.24) is 30.7 Å². The highest BCUT2D eigenvalue weighted by Gasteiger charge is 2.34. The fourth-order valence-electron chi connectivity index (χ4n) is 4.78. The monoisotopic (exact) mass is 446 g/mol. The molecule has 6 rings (SSSR count). The van der Waals surface area contributed by atoms with Gasteiger partial charge in [-0.05, 0) is 31.7 Å². The molecule has 0 spiro atoms. The number of thiazole rings is 1. The summed E-state index contributed by atoms with van der Waals surface area (Å²) in [5, 5.41) is 20.5. The number of nitrogens with zero attached hydrogens (tertiary/aromatic N) is 5. The quantitative estimate of drug-likeness (QED) is 0.494. The maximum Gasteiger partial charge on any atom is 0.233 e. The van der Waals surface area contributed by atoms with Crippen LogP contribution in [0.15, 0.2) is 42.0 Å². The van der Waals surface area contributed by atoms with E-state index in [2.05, 4.69) is 36.8 Å². The van der Waals surface area contributed by atoms with Crippen LogP contribution in [0.2, 0.25) is 0 Å². The predicted molar refractivity (Wildman–Crippen MR) is 122 cm³/mol. The lowest BCUT2D eigenvalue weighted by molar-refractivity contribution is 0.130. The summed E-state index contributed by atoms with van der Waals surface area (Å²) in [7, 11) is 1.58. The van der Waals surface area contributed by atoms with E-state index < -0.39 is 0 Å². The molecule has 1 N–H and O–H groups in total. The van der Waals surface area contributed by atoms with Crippen LogP contribution in [0.5, 0.6) is 11.8 Å². The maximum atomic E-state index is 6.15. The molecule has 2 fully saturated rings. The summed E-state index contributed by atoms with van der Waals surface area (Å²) in [5.41, 5.74) is 6.43. The van der Waals surface area contributed by atoms with E-state index in [0.717, 1.165) is 45.4 Å². The van der Waals surface area contributed by atoms with Gasteiger partial charge in [-0.25, -0.2) is 4.98 Å². The minimum atomic E-state index is 0.215.